The molecule has 0 bridgehead atoms. The molecule has 1 aliphatic rings. The van der Waals surface area contributed by atoms with Gasteiger partial charge in [0.25, 0.3) is 5.91 Å². The number of nitrogens with two attached hydrogens (primary N) is 1. The second-order valence-electron chi connectivity index (χ2n) is 5.13. The van der Waals surface area contributed by atoms with E-state index in [9.17, 15) is 4.79 Å². The van der Waals surface area contributed by atoms with Gasteiger partial charge < -0.3 is 0 Å². The van der Waals surface area contributed by atoms with Crippen molar-refractivity contribution < 1.29 is 4.79 Å². The number of likely N-dealkylation sites (N-methyl/N-ethyl adjacent to an activating group) is 1. The molecular formula is C12H26N4O. The predicted molar refractivity (Wildman–Crippen MR) is 69.3 cm³/mol. The van der Waals surface area contributed by atoms with Gasteiger partial charge in [-0.2, -0.15) is 0 Å². The highest BCUT2D eigenvalue weighted by Gasteiger charge is 2.33. The summed E-state index contributed by atoms with van der Waals surface area (Å²) in [4.78, 5) is 16.4. The van der Waals surface area contributed by atoms with E-state index in [0.29, 0.717) is 12.1 Å². The van der Waals surface area contributed by atoms with Crippen molar-refractivity contribution in [1.82, 2.24) is 15.2 Å². The van der Waals surface area contributed by atoms with Crippen LogP contribution >= 0.6 is 0 Å². The van der Waals surface area contributed by atoms with Gasteiger partial charge >= 0.3 is 0 Å². The van der Waals surface area contributed by atoms with Gasteiger partial charge in [-0.05, 0) is 27.3 Å². The zero-order chi connectivity index (χ0) is 13.0. The Kier molecular flexibility index (Phi) is 5.36. The highest BCUT2D eigenvalue weighted by molar-refractivity contribution is 5.81. The number of carbonyl (C=O) groups is 1. The fourth-order valence-corrected chi connectivity index (χ4v) is 2.55. The van der Waals surface area contributed by atoms with E-state index in [1.165, 1.54) is 0 Å². The summed E-state index contributed by atoms with van der Waals surface area (Å²) in [5.74, 6) is 5.21. The fourth-order valence-electron chi connectivity index (χ4n) is 2.55. The van der Waals surface area contributed by atoms with Crippen molar-refractivity contribution in [1.29, 1.82) is 0 Å². The number of amides is 1. The van der Waals surface area contributed by atoms with Crippen LogP contribution in [-0.2, 0) is 4.79 Å². The topological polar surface area (TPSA) is 61.6 Å². The molecule has 17 heavy (non-hydrogen) atoms. The lowest BCUT2D eigenvalue weighted by Gasteiger charge is -2.45. The van der Waals surface area contributed by atoms with Gasteiger partial charge in [0.2, 0.25) is 0 Å². The first kappa shape index (κ1) is 14.4. The first-order valence-corrected chi connectivity index (χ1v) is 6.47. The van der Waals surface area contributed by atoms with E-state index in [0.717, 1.165) is 25.9 Å². The van der Waals surface area contributed by atoms with E-state index in [4.69, 9.17) is 5.84 Å². The second-order valence-corrected chi connectivity index (χ2v) is 5.13. The third kappa shape index (κ3) is 3.40. The zero-order valence-corrected chi connectivity index (χ0v) is 11.4. The highest BCUT2D eigenvalue weighted by atomic mass is 16.2. The van der Waals surface area contributed by atoms with Crippen LogP contribution in [0, 0.1) is 0 Å². The van der Waals surface area contributed by atoms with Crippen molar-refractivity contribution in [3.05, 3.63) is 0 Å². The van der Waals surface area contributed by atoms with Crippen LogP contribution in [0.2, 0.25) is 0 Å². The molecular weight excluding hydrogens is 216 g/mol. The SMILES string of the molecule is CCCC(C(=O)NN)N1CC(C)N(C)C(C)C1. The van der Waals surface area contributed by atoms with Crippen LogP contribution in [0.15, 0.2) is 0 Å². The molecule has 0 aromatic carbocycles. The number of rotatable bonds is 4. The monoisotopic (exact) mass is 242 g/mol. The molecule has 5 nitrogen and oxygen atoms in total. The van der Waals surface area contributed by atoms with Gasteiger partial charge in [0.15, 0.2) is 0 Å². The number of hydrogen-bond acceptors (Lipinski definition) is 4. The Bertz CT molecular complexity index is 247. The van der Waals surface area contributed by atoms with Gasteiger partial charge in [0, 0.05) is 25.2 Å². The lowest BCUT2D eigenvalue weighted by atomic mass is 10.0. The molecule has 1 rings (SSSR count). The quantitative estimate of drug-likeness (QED) is 0.419. The summed E-state index contributed by atoms with van der Waals surface area (Å²) in [6.45, 7) is 8.36. The van der Waals surface area contributed by atoms with E-state index in [1.807, 2.05) is 0 Å². The Morgan fingerprint density at radius 2 is 1.94 bits per heavy atom. The minimum Gasteiger partial charge on any atom is -0.298 e. The smallest absolute Gasteiger partial charge is 0.251 e. The lowest BCUT2D eigenvalue weighted by Crippen LogP contribution is -2.60. The van der Waals surface area contributed by atoms with Crippen LogP contribution in [0.4, 0.5) is 0 Å². The Morgan fingerprint density at radius 1 is 1.41 bits per heavy atom. The van der Waals surface area contributed by atoms with Gasteiger partial charge in [0.05, 0.1) is 6.04 Å². The van der Waals surface area contributed by atoms with Crippen LogP contribution in [0.5, 0.6) is 0 Å². The van der Waals surface area contributed by atoms with Gasteiger partial charge in [-0.15, -0.1) is 0 Å². The molecule has 0 radical (unpaired) electrons. The van der Waals surface area contributed by atoms with Crippen molar-refractivity contribution in [3.63, 3.8) is 0 Å². The van der Waals surface area contributed by atoms with Crippen LogP contribution in [-0.4, -0.2) is 54.0 Å². The summed E-state index contributed by atoms with van der Waals surface area (Å²) >= 11 is 0. The Hall–Kier alpha value is -0.650. The molecule has 0 aromatic heterocycles. The first-order valence-electron chi connectivity index (χ1n) is 6.47. The summed E-state index contributed by atoms with van der Waals surface area (Å²) in [6.07, 6.45) is 1.86. The van der Waals surface area contributed by atoms with Crippen molar-refractivity contribution >= 4 is 5.91 Å². The van der Waals surface area contributed by atoms with E-state index in [2.05, 4.69) is 43.0 Å². The molecule has 0 aliphatic carbocycles. The van der Waals surface area contributed by atoms with Crippen molar-refractivity contribution in [2.45, 2.75) is 51.7 Å². The number of carbonyl (C=O) groups excluding carboxylic acids is 1. The first-order chi connectivity index (χ1) is 8.01. The number of piperazine rings is 1. The standard InChI is InChI=1S/C12H26N4O/c1-5-6-11(12(17)14-13)16-7-9(2)15(4)10(3)8-16/h9-11H,5-8,13H2,1-4H3,(H,14,17). The molecule has 1 saturated heterocycles. The fraction of sp³-hybridized carbons (Fsp3) is 0.917. The number of nitrogens with one attached hydrogen (secondary N) is 1. The summed E-state index contributed by atoms with van der Waals surface area (Å²) < 4.78 is 0. The molecule has 1 aliphatic heterocycles. The molecule has 3 N–H and O–H groups in total. The van der Waals surface area contributed by atoms with Gasteiger partial charge in [0.1, 0.15) is 0 Å². The molecule has 100 valence electrons. The third-order valence-electron chi connectivity index (χ3n) is 3.84. The molecule has 3 atom stereocenters. The molecule has 5 heteroatoms. The minimum absolute atomic E-state index is 0.0594. The largest absolute Gasteiger partial charge is 0.298 e. The second kappa shape index (κ2) is 6.33. The average molecular weight is 242 g/mol. The Labute approximate surface area is 104 Å². The van der Waals surface area contributed by atoms with Crippen molar-refractivity contribution in [3.8, 4) is 0 Å². The predicted octanol–water partition coefficient (Wildman–Crippen LogP) is 0.169. The maximum atomic E-state index is 11.8. The minimum atomic E-state index is -0.0800. The summed E-state index contributed by atoms with van der Waals surface area (Å²) in [7, 11) is 2.14. The molecule has 3 unspecified atom stereocenters. The Morgan fingerprint density at radius 3 is 2.35 bits per heavy atom. The van der Waals surface area contributed by atoms with Gasteiger partial charge in [-0.1, -0.05) is 13.3 Å². The van der Waals surface area contributed by atoms with Crippen LogP contribution < -0.4 is 11.3 Å². The van der Waals surface area contributed by atoms with E-state index < -0.39 is 0 Å². The molecule has 1 heterocycles. The normalized spacial score (nSPS) is 29.0. The summed E-state index contributed by atoms with van der Waals surface area (Å²) in [5, 5.41) is 0. The molecule has 1 amide bonds. The molecule has 0 saturated carbocycles. The van der Waals surface area contributed by atoms with Gasteiger partial charge in [-0.25, -0.2) is 5.84 Å². The number of hydrazine groups is 1. The third-order valence-corrected chi connectivity index (χ3v) is 3.84. The van der Waals surface area contributed by atoms with Crippen LogP contribution in [0.3, 0.4) is 0 Å². The number of hydrogen-bond donors (Lipinski definition) is 2. The number of nitrogens with zero attached hydrogens (tertiary/aromatic N) is 2. The summed E-state index contributed by atoms with van der Waals surface area (Å²) in [6, 6.07) is 0.871. The maximum absolute atomic E-state index is 11.8. The van der Waals surface area contributed by atoms with Crippen molar-refractivity contribution in [2.75, 3.05) is 20.1 Å². The van der Waals surface area contributed by atoms with Crippen molar-refractivity contribution in [2.24, 2.45) is 5.84 Å². The summed E-state index contributed by atoms with van der Waals surface area (Å²) in [5.41, 5.74) is 2.29. The average Bonchev–Trinajstić information content (AvgIpc) is 2.31. The highest BCUT2D eigenvalue weighted by Crippen LogP contribution is 2.18. The lowest BCUT2D eigenvalue weighted by molar-refractivity contribution is -0.128. The van der Waals surface area contributed by atoms with Gasteiger partial charge in [-0.3, -0.25) is 20.0 Å². The van der Waals surface area contributed by atoms with Crippen LogP contribution in [0.25, 0.3) is 0 Å². The Balaban J connectivity index is 2.71. The molecule has 0 aromatic rings. The molecule has 0 spiro atoms. The van der Waals surface area contributed by atoms with E-state index in [-0.39, 0.29) is 11.9 Å². The zero-order valence-electron chi connectivity index (χ0n) is 11.4. The van der Waals surface area contributed by atoms with E-state index in [1.54, 1.807) is 0 Å². The van der Waals surface area contributed by atoms with E-state index >= 15 is 0 Å². The van der Waals surface area contributed by atoms with Crippen LogP contribution in [0.1, 0.15) is 33.6 Å². The maximum Gasteiger partial charge on any atom is 0.251 e. The molecule has 1 fully saturated rings.